The number of methoxy groups -OCH3 is 1. The molecule has 2 rings (SSSR count). The second-order valence-electron chi connectivity index (χ2n) is 6.87. The van der Waals surface area contributed by atoms with Gasteiger partial charge in [-0.3, -0.25) is 0 Å². The zero-order valence-electron chi connectivity index (χ0n) is 14.1. The lowest BCUT2D eigenvalue weighted by molar-refractivity contribution is 0.144. The zero-order valence-corrected chi connectivity index (χ0v) is 15.0. The Balaban J connectivity index is 1.84. The van der Waals surface area contributed by atoms with Gasteiger partial charge < -0.3 is 15.0 Å². The van der Waals surface area contributed by atoms with Crippen molar-refractivity contribution in [2.75, 3.05) is 39.6 Å². The molecular weight excluding hydrogens is 318 g/mol. The number of piperidine rings is 1. The van der Waals surface area contributed by atoms with Crippen LogP contribution in [0.2, 0.25) is 0 Å². The van der Waals surface area contributed by atoms with Crippen molar-refractivity contribution < 1.29 is 17.9 Å². The lowest BCUT2D eigenvalue weighted by atomic mass is 9.84. The van der Waals surface area contributed by atoms with Crippen LogP contribution in [0.5, 0.6) is 0 Å². The van der Waals surface area contributed by atoms with Crippen molar-refractivity contribution in [1.29, 1.82) is 0 Å². The molecule has 134 valence electrons. The molecule has 2 aliphatic rings. The first-order valence-corrected chi connectivity index (χ1v) is 10.2. The maximum absolute atomic E-state index is 12.1. The first-order chi connectivity index (χ1) is 10.8. The number of hydrogen-bond acceptors (Lipinski definition) is 4. The van der Waals surface area contributed by atoms with Crippen LogP contribution in [0.4, 0.5) is 4.79 Å². The number of hydrogen-bond donors (Lipinski definition) is 2. The summed E-state index contributed by atoms with van der Waals surface area (Å²) in [5, 5.41) is 2.88. The summed E-state index contributed by atoms with van der Waals surface area (Å²) >= 11 is 0. The Morgan fingerprint density at radius 1 is 1.30 bits per heavy atom. The minimum absolute atomic E-state index is 0.0690. The summed E-state index contributed by atoms with van der Waals surface area (Å²) in [5.41, 5.74) is -0.373. The molecule has 7 nitrogen and oxygen atoms in total. The predicted octanol–water partition coefficient (Wildman–Crippen LogP) is 0.916. The molecule has 1 heterocycles. The van der Waals surface area contributed by atoms with Crippen LogP contribution in [0, 0.1) is 5.92 Å². The van der Waals surface area contributed by atoms with Crippen LogP contribution in [0.3, 0.4) is 0 Å². The van der Waals surface area contributed by atoms with Crippen molar-refractivity contribution in [3.05, 3.63) is 0 Å². The SMILES string of the molecule is COCCCNC(=O)N1CCC(CC2CC2)(NS(C)(=O)=O)CC1. The van der Waals surface area contributed by atoms with E-state index in [1.54, 1.807) is 12.0 Å². The van der Waals surface area contributed by atoms with Gasteiger partial charge in [0.25, 0.3) is 0 Å². The average molecular weight is 347 g/mol. The number of rotatable bonds is 8. The molecule has 0 aromatic rings. The van der Waals surface area contributed by atoms with Crippen molar-refractivity contribution in [2.45, 2.75) is 44.1 Å². The van der Waals surface area contributed by atoms with Gasteiger partial charge in [-0.15, -0.1) is 0 Å². The van der Waals surface area contributed by atoms with E-state index in [4.69, 9.17) is 4.74 Å². The van der Waals surface area contributed by atoms with Gasteiger partial charge in [0.2, 0.25) is 10.0 Å². The Kier molecular flexibility index (Phi) is 6.27. The monoisotopic (exact) mass is 347 g/mol. The molecule has 2 N–H and O–H groups in total. The van der Waals surface area contributed by atoms with E-state index in [2.05, 4.69) is 10.0 Å². The summed E-state index contributed by atoms with van der Waals surface area (Å²) < 4.78 is 31.2. The summed E-state index contributed by atoms with van der Waals surface area (Å²) in [6, 6.07) is -0.0690. The zero-order chi connectivity index (χ0) is 16.9. The molecular formula is C15H29N3O4S. The molecule has 0 spiro atoms. The molecule has 23 heavy (non-hydrogen) atoms. The highest BCUT2D eigenvalue weighted by Crippen LogP contribution is 2.40. The number of amides is 2. The minimum atomic E-state index is -3.24. The number of ether oxygens (including phenoxy) is 1. The predicted molar refractivity (Wildman–Crippen MR) is 88.8 cm³/mol. The van der Waals surface area contributed by atoms with Gasteiger partial charge in [0.15, 0.2) is 0 Å². The number of carbonyl (C=O) groups excluding carboxylic acids is 1. The minimum Gasteiger partial charge on any atom is -0.385 e. The third-order valence-electron chi connectivity index (χ3n) is 4.59. The second-order valence-corrected chi connectivity index (χ2v) is 8.62. The van der Waals surface area contributed by atoms with Gasteiger partial charge in [-0.25, -0.2) is 17.9 Å². The molecule has 1 saturated carbocycles. The van der Waals surface area contributed by atoms with Crippen LogP contribution in [0.15, 0.2) is 0 Å². The van der Waals surface area contributed by atoms with Crippen LogP contribution in [0.25, 0.3) is 0 Å². The number of nitrogens with zero attached hydrogens (tertiary/aromatic N) is 1. The molecule has 1 saturated heterocycles. The topological polar surface area (TPSA) is 87.7 Å². The number of nitrogens with one attached hydrogen (secondary N) is 2. The highest BCUT2D eigenvalue weighted by Gasteiger charge is 2.42. The molecule has 1 aliphatic heterocycles. The van der Waals surface area contributed by atoms with Gasteiger partial charge in [0.05, 0.1) is 6.26 Å². The third kappa shape index (κ3) is 6.27. The maximum Gasteiger partial charge on any atom is 0.317 e. The standard InChI is InChI=1S/C15H29N3O4S/c1-22-11-3-8-16-14(19)18-9-6-15(7-10-18,12-13-4-5-13)17-23(2,20)21/h13,17H,3-12H2,1-2H3,(H,16,19). The largest absolute Gasteiger partial charge is 0.385 e. The van der Waals surface area contributed by atoms with E-state index >= 15 is 0 Å². The maximum atomic E-state index is 12.1. The fourth-order valence-electron chi connectivity index (χ4n) is 3.28. The lowest BCUT2D eigenvalue weighted by Gasteiger charge is -2.42. The van der Waals surface area contributed by atoms with Gasteiger partial charge in [0, 0.05) is 38.9 Å². The van der Waals surface area contributed by atoms with Crippen molar-refractivity contribution >= 4 is 16.1 Å². The number of urea groups is 1. The van der Waals surface area contributed by atoms with Crippen LogP contribution >= 0.6 is 0 Å². The van der Waals surface area contributed by atoms with E-state index in [9.17, 15) is 13.2 Å². The highest BCUT2D eigenvalue weighted by molar-refractivity contribution is 7.88. The highest BCUT2D eigenvalue weighted by atomic mass is 32.2. The molecule has 0 unspecified atom stereocenters. The molecule has 0 bridgehead atoms. The van der Waals surface area contributed by atoms with E-state index in [1.165, 1.54) is 19.1 Å². The molecule has 2 fully saturated rings. The smallest absolute Gasteiger partial charge is 0.317 e. The molecule has 0 aromatic carbocycles. The summed E-state index contributed by atoms with van der Waals surface area (Å²) in [4.78, 5) is 13.9. The molecule has 1 aliphatic carbocycles. The third-order valence-corrected chi connectivity index (χ3v) is 5.39. The number of carbonyl (C=O) groups is 1. The molecule has 2 amide bonds. The van der Waals surface area contributed by atoms with E-state index in [0.29, 0.717) is 45.0 Å². The summed E-state index contributed by atoms with van der Waals surface area (Å²) in [7, 11) is -1.60. The average Bonchev–Trinajstić information content (AvgIpc) is 3.26. The van der Waals surface area contributed by atoms with E-state index < -0.39 is 10.0 Å². The molecule has 0 radical (unpaired) electrons. The van der Waals surface area contributed by atoms with Crippen LogP contribution in [-0.2, 0) is 14.8 Å². The van der Waals surface area contributed by atoms with Crippen molar-refractivity contribution in [2.24, 2.45) is 5.92 Å². The summed E-state index contributed by atoms with van der Waals surface area (Å²) in [6.45, 7) is 2.40. The van der Waals surface area contributed by atoms with Crippen LogP contribution < -0.4 is 10.0 Å². The second kappa shape index (κ2) is 7.81. The fourth-order valence-corrected chi connectivity index (χ4v) is 4.35. The summed E-state index contributed by atoms with van der Waals surface area (Å²) in [5.74, 6) is 0.638. The molecule has 0 atom stereocenters. The van der Waals surface area contributed by atoms with E-state index in [1.807, 2.05) is 0 Å². The normalized spacial score (nSPS) is 21.2. The van der Waals surface area contributed by atoms with Crippen molar-refractivity contribution in [3.63, 3.8) is 0 Å². The Morgan fingerprint density at radius 3 is 2.48 bits per heavy atom. The van der Waals surface area contributed by atoms with Gasteiger partial charge >= 0.3 is 6.03 Å². The number of sulfonamides is 1. The van der Waals surface area contributed by atoms with Crippen molar-refractivity contribution in [3.8, 4) is 0 Å². The quantitative estimate of drug-likeness (QED) is 0.639. The van der Waals surface area contributed by atoms with Gasteiger partial charge in [0.1, 0.15) is 0 Å². The Hall–Kier alpha value is -0.860. The Morgan fingerprint density at radius 2 is 1.96 bits per heavy atom. The van der Waals surface area contributed by atoms with Gasteiger partial charge in [-0.1, -0.05) is 12.8 Å². The first-order valence-electron chi connectivity index (χ1n) is 8.34. The van der Waals surface area contributed by atoms with Gasteiger partial charge in [-0.05, 0) is 31.6 Å². The molecule has 8 heteroatoms. The van der Waals surface area contributed by atoms with E-state index in [-0.39, 0.29) is 11.6 Å². The van der Waals surface area contributed by atoms with Crippen LogP contribution in [0.1, 0.15) is 38.5 Å². The first kappa shape index (κ1) is 18.5. The van der Waals surface area contributed by atoms with E-state index in [0.717, 1.165) is 12.8 Å². The lowest BCUT2D eigenvalue weighted by Crippen LogP contribution is -2.57. The van der Waals surface area contributed by atoms with Crippen molar-refractivity contribution in [1.82, 2.24) is 14.9 Å². The number of likely N-dealkylation sites (tertiary alicyclic amines) is 1. The Labute approximate surface area is 139 Å². The summed E-state index contributed by atoms with van der Waals surface area (Å²) in [6.07, 6.45) is 6.65. The van der Waals surface area contributed by atoms with Gasteiger partial charge in [-0.2, -0.15) is 0 Å². The Bertz CT molecular complexity index is 497. The van der Waals surface area contributed by atoms with Crippen LogP contribution in [-0.4, -0.2) is 64.5 Å². The fraction of sp³-hybridized carbons (Fsp3) is 0.933. The molecule has 0 aromatic heterocycles.